The van der Waals surface area contributed by atoms with Crippen molar-refractivity contribution in [3.05, 3.63) is 65.5 Å². The predicted octanol–water partition coefficient (Wildman–Crippen LogP) is 3.49. The number of aromatic amines is 1. The van der Waals surface area contributed by atoms with E-state index in [1.807, 2.05) is 53.4 Å². The summed E-state index contributed by atoms with van der Waals surface area (Å²) in [6.45, 7) is 0.725. The fourth-order valence-electron chi connectivity index (χ4n) is 4.42. The van der Waals surface area contributed by atoms with Crippen LogP contribution in [0.4, 0.5) is 0 Å². The molecule has 0 bridgehead atoms. The highest BCUT2D eigenvalue weighted by Gasteiger charge is 2.35. The first kappa shape index (κ1) is 17.0. The summed E-state index contributed by atoms with van der Waals surface area (Å²) in [5.41, 5.74) is 3.51. The second kappa shape index (κ2) is 6.78. The molecule has 2 aromatic carbocycles. The molecule has 2 N–H and O–H groups in total. The van der Waals surface area contributed by atoms with Crippen LogP contribution in [0.2, 0.25) is 0 Å². The minimum absolute atomic E-state index is 0.0407. The first-order valence-corrected chi connectivity index (χ1v) is 9.84. The summed E-state index contributed by atoms with van der Waals surface area (Å²) >= 11 is 0. The molecule has 1 saturated heterocycles. The average molecular weight is 374 g/mol. The number of nitrogens with zero attached hydrogens (tertiary/aromatic N) is 2. The Hall–Kier alpha value is -3.15. The molecule has 2 aliphatic rings. The number of rotatable bonds is 3. The van der Waals surface area contributed by atoms with Gasteiger partial charge in [0.2, 0.25) is 5.91 Å². The molecular formula is C22H22N4O2. The Labute approximate surface area is 163 Å². The molecule has 5 rings (SSSR count). The summed E-state index contributed by atoms with van der Waals surface area (Å²) in [7, 11) is 0. The Bertz CT molecular complexity index is 1020. The third kappa shape index (κ3) is 2.85. The number of nitrogens with one attached hydrogen (secondary N) is 2. The van der Waals surface area contributed by atoms with Crippen LogP contribution in [0.3, 0.4) is 0 Å². The summed E-state index contributed by atoms with van der Waals surface area (Å²) in [6, 6.07) is 15.1. The zero-order valence-electron chi connectivity index (χ0n) is 15.5. The number of aromatic nitrogens is 2. The number of imidazole rings is 1. The Morgan fingerprint density at radius 1 is 1.11 bits per heavy atom. The molecule has 2 unspecified atom stereocenters. The molecule has 0 saturated carbocycles. The van der Waals surface area contributed by atoms with E-state index in [2.05, 4.69) is 10.3 Å². The molecule has 1 fully saturated rings. The van der Waals surface area contributed by atoms with Gasteiger partial charge in [-0.1, -0.05) is 30.3 Å². The van der Waals surface area contributed by atoms with Gasteiger partial charge in [-0.15, -0.1) is 0 Å². The van der Waals surface area contributed by atoms with Gasteiger partial charge in [-0.3, -0.25) is 9.59 Å². The van der Waals surface area contributed by atoms with E-state index in [-0.39, 0.29) is 30.3 Å². The maximum atomic E-state index is 13.2. The van der Waals surface area contributed by atoms with Crippen molar-refractivity contribution in [3.63, 3.8) is 0 Å². The van der Waals surface area contributed by atoms with Crippen LogP contribution in [0.5, 0.6) is 0 Å². The van der Waals surface area contributed by atoms with Crippen LogP contribution in [0, 0.1) is 0 Å². The number of fused-ring (bicyclic) bond motifs is 2. The summed E-state index contributed by atoms with van der Waals surface area (Å²) < 4.78 is 0. The average Bonchev–Trinajstić information content (AvgIpc) is 3.30. The molecule has 0 radical (unpaired) electrons. The van der Waals surface area contributed by atoms with Gasteiger partial charge >= 0.3 is 0 Å². The maximum Gasteiger partial charge on any atom is 0.252 e. The quantitative estimate of drug-likeness (QED) is 0.737. The van der Waals surface area contributed by atoms with Gasteiger partial charge in [-0.05, 0) is 43.0 Å². The Morgan fingerprint density at radius 3 is 2.82 bits per heavy atom. The smallest absolute Gasteiger partial charge is 0.252 e. The lowest BCUT2D eigenvalue weighted by Gasteiger charge is -2.35. The lowest BCUT2D eigenvalue weighted by molar-refractivity contribution is -0.135. The summed E-state index contributed by atoms with van der Waals surface area (Å²) in [6.07, 6.45) is 3.25. The van der Waals surface area contributed by atoms with E-state index in [1.54, 1.807) is 0 Å². The van der Waals surface area contributed by atoms with E-state index in [0.29, 0.717) is 5.56 Å². The number of para-hydroxylation sites is 2. The van der Waals surface area contributed by atoms with E-state index in [0.717, 1.165) is 48.2 Å². The number of benzene rings is 2. The molecule has 0 spiro atoms. The summed E-state index contributed by atoms with van der Waals surface area (Å²) in [5, 5.41) is 2.96. The lowest BCUT2D eigenvalue weighted by Crippen LogP contribution is -2.40. The molecule has 142 valence electrons. The molecule has 2 amide bonds. The van der Waals surface area contributed by atoms with Gasteiger partial charge in [0.15, 0.2) is 0 Å². The van der Waals surface area contributed by atoms with Crippen molar-refractivity contribution in [2.24, 2.45) is 0 Å². The number of piperidine rings is 1. The normalized spacial score (nSPS) is 21.6. The Kier molecular flexibility index (Phi) is 4.11. The van der Waals surface area contributed by atoms with Crippen LogP contribution in [-0.4, -0.2) is 33.2 Å². The number of hydrogen-bond acceptors (Lipinski definition) is 3. The van der Waals surface area contributed by atoms with Gasteiger partial charge in [-0.2, -0.15) is 0 Å². The molecule has 3 heterocycles. The van der Waals surface area contributed by atoms with Crippen LogP contribution < -0.4 is 5.32 Å². The number of amides is 2. The highest BCUT2D eigenvalue weighted by atomic mass is 16.2. The van der Waals surface area contributed by atoms with E-state index in [9.17, 15) is 9.59 Å². The molecule has 28 heavy (non-hydrogen) atoms. The van der Waals surface area contributed by atoms with Crippen LogP contribution in [0.25, 0.3) is 11.0 Å². The zero-order chi connectivity index (χ0) is 19.1. The first-order chi connectivity index (χ1) is 13.7. The van der Waals surface area contributed by atoms with Gasteiger partial charge in [0, 0.05) is 12.1 Å². The molecule has 2 atom stereocenters. The highest BCUT2D eigenvalue weighted by molar-refractivity contribution is 5.99. The molecule has 1 aromatic heterocycles. The Morgan fingerprint density at radius 2 is 1.93 bits per heavy atom. The Balaban J connectivity index is 1.39. The third-order valence-corrected chi connectivity index (χ3v) is 5.81. The topological polar surface area (TPSA) is 78.1 Å². The first-order valence-electron chi connectivity index (χ1n) is 9.84. The fourth-order valence-corrected chi connectivity index (χ4v) is 4.42. The van der Waals surface area contributed by atoms with Crippen LogP contribution in [0.1, 0.15) is 59.5 Å². The number of carbonyl (C=O) groups is 2. The lowest BCUT2D eigenvalue weighted by atomic mass is 9.98. The molecule has 6 heteroatoms. The second-order valence-corrected chi connectivity index (χ2v) is 7.56. The van der Waals surface area contributed by atoms with E-state index >= 15 is 0 Å². The zero-order valence-corrected chi connectivity index (χ0v) is 15.5. The third-order valence-electron chi connectivity index (χ3n) is 5.81. The van der Waals surface area contributed by atoms with E-state index < -0.39 is 0 Å². The van der Waals surface area contributed by atoms with Crippen molar-refractivity contribution in [3.8, 4) is 0 Å². The van der Waals surface area contributed by atoms with E-state index in [1.165, 1.54) is 0 Å². The summed E-state index contributed by atoms with van der Waals surface area (Å²) in [5.74, 6) is 0.818. The molecule has 3 aromatic rings. The SMILES string of the molecule is O=C1NC(CC(=O)N2CCCCC2c2nc3ccccc3[nH]2)c2ccccc21. The van der Waals surface area contributed by atoms with Crippen LogP contribution in [-0.2, 0) is 4.79 Å². The summed E-state index contributed by atoms with van der Waals surface area (Å²) in [4.78, 5) is 35.4. The van der Waals surface area contributed by atoms with Crippen molar-refractivity contribution in [2.45, 2.75) is 37.8 Å². The monoisotopic (exact) mass is 374 g/mol. The largest absolute Gasteiger partial charge is 0.345 e. The van der Waals surface area contributed by atoms with Crippen molar-refractivity contribution in [1.82, 2.24) is 20.2 Å². The number of H-pyrrole nitrogens is 1. The standard InChI is InChI=1S/C22H22N4O2/c27-20(13-18-14-7-1-2-8-15(14)22(28)25-18)26-12-6-5-11-19(26)21-23-16-9-3-4-10-17(16)24-21/h1-4,7-10,18-19H,5-6,11-13H2,(H,23,24)(H,25,28). The van der Waals surface area contributed by atoms with Gasteiger partial charge in [0.05, 0.1) is 29.5 Å². The highest BCUT2D eigenvalue weighted by Crippen LogP contribution is 2.34. The van der Waals surface area contributed by atoms with Gasteiger partial charge in [-0.25, -0.2) is 4.98 Å². The number of carbonyl (C=O) groups excluding carboxylic acids is 2. The van der Waals surface area contributed by atoms with Crippen LogP contribution >= 0.6 is 0 Å². The van der Waals surface area contributed by atoms with Gasteiger partial charge < -0.3 is 15.2 Å². The van der Waals surface area contributed by atoms with Crippen molar-refractivity contribution in [2.75, 3.05) is 6.54 Å². The maximum absolute atomic E-state index is 13.2. The van der Waals surface area contributed by atoms with E-state index in [4.69, 9.17) is 4.98 Å². The predicted molar refractivity (Wildman–Crippen MR) is 106 cm³/mol. The van der Waals surface area contributed by atoms with Gasteiger partial charge in [0.1, 0.15) is 5.82 Å². The van der Waals surface area contributed by atoms with Crippen molar-refractivity contribution >= 4 is 22.8 Å². The van der Waals surface area contributed by atoms with Crippen molar-refractivity contribution < 1.29 is 9.59 Å². The fraction of sp³-hybridized carbons (Fsp3) is 0.318. The molecule has 2 aliphatic heterocycles. The minimum Gasteiger partial charge on any atom is -0.345 e. The molecule has 0 aliphatic carbocycles. The van der Waals surface area contributed by atoms with Crippen molar-refractivity contribution in [1.29, 1.82) is 0 Å². The number of hydrogen-bond donors (Lipinski definition) is 2. The second-order valence-electron chi connectivity index (χ2n) is 7.56. The molecule has 6 nitrogen and oxygen atoms in total. The minimum atomic E-state index is -0.255. The van der Waals surface area contributed by atoms with Crippen LogP contribution in [0.15, 0.2) is 48.5 Å². The number of likely N-dealkylation sites (tertiary alicyclic amines) is 1. The molecular weight excluding hydrogens is 352 g/mol. The van der Waals surface area contributed by atoms with Gasteiger partial charge in [0.25, 0.3) is 5.91 Å².